The summed E-state index contributed by atoms with van der Waals surface area (Å²) in [5.41, 5.74) is 0.763. The fraction of sp³-hybridized carbons (Fsp3) is 0.308. The first-order valence-electron chi connectivity index (χ1n) is 5.39. The normalized spacial score (nSPS) is 11.1. The molecule has 0 saturated carbocycles. The highest BCUT2D eigenvalue weighted by Gasteiger charge is 2.10. The molecule has 0 aliphatic carbocycles. The molecule has 0 aromatic heterocycles. The largest absolute Gasteiger partial charge is 0.508 e. The number of aromatic hydroxyl groups is 1. The molecule has 1 rings (SSSR count). The van der Waals surface area contributed by atoms with Crippen LogP contribution in [-0.4, -0.2) is 24.8 Å². The molecule has 0 aliphatic heterocycles. The molecule has 0 radical (unpaired) electrons. The predicted molar refractivity (Wildman–Crippen MR) is 64.3 cm³/mol. The van der Waals surface area contributed by atoms with E-state index in [0.29, 0.717) is 6.61 Å². The van der Waals surface area contributed by atoms with E-state index in [1.54, 1.807) is 30.3 Å². The van der Waals surface area contributed by atoms with Crippen molar-refractivity contribution < 1.29 is 19.4 Å². The van der Waals surface area contributed by atoms with Gasteiger partial charge in [-0.2, -0.15) is 0 Å². The Morgan fingerprint density at radius 1 is 1.35 bits per heavy atom. The van der Waals surface area contributed by atoms with Gasteiger partial charge in [-0.1, -0.05) is 19.1 Å². The van der Waals surface area contributed by atoms with Gasteiger partial charge in [0.2, 0.25) is 5.76 Å². The van der Waals surface area contributed by atoms with Crippen LogP contribution in [0.3, 0.4) is 0 Å². The number of esters is 1. The standard InChI is InChI=1S/C13H16O4/c1-3-8-17-12(13(15)16-2)9-10-4-6-11(14)7-5-10/h4-7,9,14H,3,8H2,1-2H3. The molecule has 1 aromatic carbocycles. The molecule has 0 fully saturated rings. The summed E-state index contributed by atoms with van der Waals surface area (Å²) in [6.45, 7) is 2.41. The average Bonchev–Trinajstić information content (AvgIpc) is 2.36. The first-order valence-corrected chi connectivity index (χ1v) is 5.39. The zero-order chi connectivity index (χ0) is 12.7. The first kappa shape index (κ1) is 13.1. The first-order chi connectivity index (χ1) is 8.17. The molecule has 1 N–H and O–H groups in total. The molecule has 92 valence electrons. The number of phenols is 1. The Labute approximate surface area is 100 Å². The summed E-state index contributed by atoms with van der Waals surface area (Å²) in [4.78, 5) is 11.4. The van der Waals surface area contributed by atoms with Gasteiger partial charge in [0.25, 0.3) is 0 Å². The van der Waals surface area contributed by atoms with Crippen LogP contribution in [0.25, 0.3) is 6.08 Å². The number of carbonyl (C=O) groups excluding carboxylic acids is 1. The summed E-state index contributed by atoms with van der Waals surface area (Å²) in [5.74, 6) is -0.164. The average molecular weight is 236 g/mol. The van der Waals surface area contributed by atoms with Crippen LogP contribution in [0.4, 0.5) is 0 Å². The summed E-state index contributed by atoms with van der Waals surface area (Å²) in [5, 5.41) is 9.14. The topological polar surface area (TPSA) is 55.8 Å². The molecule has 4 nitrogen and oxygen atoms in total. The number of benzene rings is 1. The van der Waals surface area contributed by atoms with Crippen molar-refractivity contribution >= 4 is 12.0 Å². The predicted octanol–water partition coefficient (Wildman–Crippen LogP) is 2.33. The number of rotatable bonds is 5. The van der Waals surface area contributed by atoms with Gasteiger partial charge in [0.15, 0.2) is 0 Å². The highest BCUT2D eigenvalue weighted by Crippen LogP contribution is 2.14. The van der Waals surface area contributed by atoms with Crippen LogP contribution in [0, 0.1) is 0 Å². The molecular formula is C13H16O4. The third-order valence-corrected chi connectivity index (χ3v) is 2.04. The van der Waals surface area contributed by atoms with E-state index in [-0.39, 0.29) is 11.5 Å². The third-order valence-electron chi connectivity index (χ3n) is 2.04. The van der Waals surface area contributed by atoms with Crippen molar-refractivity contribution in [1.82, 2.24) is 0 Å². The van der Waals surface area contributed by atoms with Gasteiger partial charge in [-0.05, 0) is 30.2 Å². The molecule has 0 spiro atoms. The van der Waals surface area contributed by atoms with Crippen molar-refractivity contribution in [1.29, 1.82) is 0 Å². The number of hydrogen-bond donors (Lipinski definition) is 1. The monoisotopic (exact) mass is 236 g/mol. The number of methoxy groups -OCH3 is 1. The Kier molecular flexibility index (Phi) is 5.07. The van der Waals surface area contributed by atoms with Gasteiger partial charge in [-0.15, -0.1) is 0 Å². The van der Waals surface area contributed by atoms with Gasteiger partial charge in [0, 0.05) is 0 Å². The van der Waals surface area contributed by atoms with Crippen molar-refractivity contribution in [2.24, 2.45) is 0 Å². The summed E-state index contributed by atoms with van der Waals surface area (Å²) in [6, 6.07) is 6.46. The molecule has 1 aromatic rings. The van der Waals surface area contributed by atoms with Crippen molar-refractivity contribution in [3.05, 3.63) is 35.6 Å². The molecular weight excluding hydrogens is 220 g/mol. The van der Waals surface area contributed by atoms with Gasteiger partial charge in [-0.3, -0.25) is 0 Å². The molecule has 0 unspecified atom stereocenters. The second-order valence-electron chi connectivity index (χ2n) is 3.44. The summed E-state index contributed by atoms with van der Waals surface area (Å²) in [6.07, 6.45) is 2.39. The SMILES string of the molecule is CCCOC(=Cc1ccc(O)cc1)C(=O)OC. The second kappa shape index (κ2) is 6.58. The van der Waals surface area contributed by atoms with E-state index in [1.807, 2.05) is 6.92 Å². The third kappa shape index (κ3) is 4.18. The van der Waals surface area contributed by atoms with E-state index >= 15 is 0 Å². The van der Waals surface area contributed by atoms with Gasteiger partial charge < -0.3 is 14.6 Å². The quantitative estimate of drug-likeness (QED) is 0.484. The van der Waals surface area contributed by atoms with E-state index < -0.39 is 5.97 Å². The molecule has 0 atom stereocenters. The van der Waals surface area contributed by atoms with Crippen LogP contribution >= 0.6 is 0 Å². The summed E-state index contributed by atoms with van der Waals surface area (Å²) >= 11 is 0. The molecule has 0 bridgehead atoms. The highest BCUT2D eigenvalue weighted by molar-refractivity contribution is 5.91. The van der Waals surface area contributed by atoms with Gasteiger partial charge in [0.1, 0.15) is 5.75 Å². The Hall–Kier alpha value is -1.97. The number of hydrogen-bond acceptors (Lipinski definition) is 4. The lowest BCUT2D eigenvalue weighted by atomic mass is 10.2. The van der Waals surface area contributed by atoms with Crippen LogP contribution in [-0.2, 0) is 14.3 Å². The second-order valence-corrected chi connectivity index (χ2v) is 3.44. The molecule has 17 heavy (non-hydrogen) atoms. The molecule has 0 heterocycles. The van der Waals surface area contributed by atoms with Crippen LogP contribution in [0.1, 0.15) is 18.9 Å². The Balaban J connectivity index is 2.87. The Bertz CT molecular complexity index is 392. The van der Waals surface area contributed by atoms with Crippen LogP contribution in [0.5, 0.6) is 5.75 Å². The van der Waals surface area contributed by atoms with Crippen molar-refractivity contribution in [3.63, 3.8) is 0 Å². The maximum atomic E-state index is 11.4. The molecule has 4 heteroatoms. The minimum Gasteiger partial charge on any atom is -0.508 e. The van der Waals surface area contributed by atoms with Gasteiger partial charge in [-0.25, -0.2) is 4.79 Å². The summed E-state index contributed by atoms with van der Waals surface area (Å²) < 4.78 is 9.93. The Morgan fingerprint density at radius 3 is 2.53 bits per heavy atom. The lowest BCUT2D eigenvalue weighted by molar-refractivity contribution is -0.139. The number of carbonyl (C=O) groups is 1. The van der Waals surface area contributed by atoms with E-state index in [4.69, 9.17) is 9.84 Å². The fourth-order valence-corrected chi connectivity index (χ4v) is 1.19. The fourth-order valence-electron chi connectivity index (χ4n) is 1.19. The highest BCUT2D eigenvalue weighted by atomic mass is 16.6. The zero-order valence-corrected chi connectivity index (χ0v) is 9.97. The van der Waals surface area contributed by atoms with Crippen LogP contribution in [0.2, 0.25) is 0 Å². The van der Waals surface area contributed by atoms with E-state index in [2.05, 4.69) is 4.74 Å². The maximum absolute atomic E-state index is 11.4. The lowest BCUT2D eigenvalue weighted by Gasteiger charge is -2.07. The lowest BCUT2D eigenvalue weighted by Crippen LogP contribution is -2.08. The van der Waals surface area contributed by atoms with Crippen molar-refractivity contribution in [2.75, 3.05) is 13.7 Å². The number of phenolic OH excluding ortho intramolecular Hbond substituents is 1. The smallest absolute Gasteiger partial charge is 0.373 e. The van der Waals surface area contributed by atoms with E-state index in [1.165, 1.54) is 7.11 Å². The minimum absolute atomic E-state index is 0.167. The van der Waals surface area contributed by atoms with Gasteiger partial charge >= 0.3 is 5.97 Å². The summed E-state index contributed by atoms with van der Waals surface area (Å²) in [7, 11) is 1.31. The number of ether oxygens (including phenoxy) is 2. The molecule has 0 amide bonds. The molecule has 0 saturated heterocycles. The van der Waals surface area contributed by atoms with E-state index in [0.717, 1.165) is 12.0 Å². The van der Waals surface area contributed by atoms with Crippen LogP contribution < -0.4 is 0 Å². The van der Waals surface area contributed by atoms with Crippen LogP contribution in [0.15, 0.2) is 30.0 Å². The van der Waals surface area contributed by atoms with Crippen molar-refractivity contribution in [2.45, 2.75) is 13.3 Å². The van der Waals surface area contributed by atoms with Crippen molar-refractivity contribution in [3.8, 4) is 5.75 Å². The minimum atomic E-state index is -0.508. The molecule has 0 aliphatic rings. The van der Waals surface area contributed by atoms with E-state index in [9.17, 15) is 4.79 Å². The Morgan fingerprint density at radius 2 is 2.00 bits per heavy atom. The zero-order valence-electron chi connectivity index (χ0n) is 9.97. The maximum Gasteiger partial charge on any atom is 0.373 e. The van der Waals surface area contributed by atoms with Gasteiger partial charge in [0.05, 0.1) is 13.7 Å².